The molecule has 0 aliphatic carbocycles. The molecule has 2 rings (SSSR count). The molecule has 0 bridgehead atoms. The average Bonchev–Trinajstić information content (AvgIpc) is 2.81. The smallest absolute Gasteiger partial charge is 0.242 e. The van der Waals surface area contributed by atoms with E-state index in [0.29, 0.717) is 6.42 Å². The molecule has 0 aliphatic heterocycles. The van der Waals surface area contributed by atoms with Crippen LogP contribution in [0.4, 0.5) is 10.1 Å². The second-order valence-corrected chi connectivity index (χ2v) is 6.48. The van der Waals surface area contributed by atoms with Crippen molar-refractivity contribution in [2.45, 2.75) is 11.3 Å². The highest BCUT2D eigenvalue weighted by atomic mass is 32.2. The maximum atomic E-state index is 12.9. The number of hydrogen-bond donors (Lipinski definition) is 2. The van der Waals surface area contributed by atoms with Crippen molar-refractivity contribution >= 4 is 27.0 Å². The summed E-state index contributed by atoms with van der Waals surface area (Å²) in [5.41, 5.74) is 6.49. The van der Waals surface area contributed by atoms with E-state index in [4.69, 9.17) is 5.73 Å². The van der Waals surface area contributed by atoms with Gasteiger partial charge in [0.2, 0.25) is 10.0 Å². The molecule has 0 aliphatic rings. The minimum atomic E-state index is -3.70. The Labute approximate surface area is 115 Å². The number of thiophene rings is 1. The van der Waals surface area contributed by atoms with Gasteiger partial charge >= 0.3 is 0 Å². The molecule has 0 saturated heterocycles. The summed E-state index contributed by atoms with van der Waals surface area (Å²) in [6.45, 7) is 0.274. The van der Waals surface area contributed by atoms with Crippen molar-refractivity contribution in [1.82, 2.24) is 4.72 Å². The lowest BCUT2D eigenvalue weighted by molar-refractivity contribution is 0.581. The summed E-state index contributed by atoms with van der Waals surface area (Å²) in [4.78, 5) is -0.0979. The fourth-order valence-electron chi connectivity index (χ4n) is 1.61. The van der Waals surface area contributed by atoms with E-state index in [-0.39, 0.29) is 17.1 Å². The summed E-state index contributed by atoms with van der Waals surface area (Å²) in [6, 6.07) is 5.17. The van der Waals surface area contributed by atoms with E-state index in [1.165, 1.54) is 0 Å². The number of halogens is 1. The van der Waals surface area contributed by atoms with E-state index in [1.54, 1.807) is 11.3 Å². The minimum Gasteiger partial charge on any atom is -0.398 e. The molecule has 0 amide bonds. The van der Waals surface area contributed by atoms with Gasteiger partial charge in [0.05, 0.1) is 5.69 Å². The molecular formula is C12H13FN2O2S2. The van der Waals surface area contributed by atoms with Crippen molar-refractivity contribution in [3.8, 4) is 0 Å². The van der Waals surface area contributed by atoms with E-state index < -0.39 is 15.8 Å². The van der Waals surface area contributed by atoms with Crippen LogP contribution in [0.1, 0.15) is 5.56 Å². The Hall–Kier alpha value is -1.44. The first-order chi connectivity index (χ1) is 8.99. The van der Waals surface area contributed by atoms with E-state index in [9.17, 15) is 12.8 Å². The largest absolute Gasteiger partial charge is 0.398 e. The predicted molar refractivity (Wildman–Crippen MR) is 74.0 cm³/mol. The van der Waals surface area contributed by atoms with Crippen LogP contribution >= 0.6 is 11.3 Å². The fraction of sp³-hybridized carbons (Fsp3) is 0.167. The number of benzene rings is 1. The van der Waals surface area contributed by atoms with Gasteiger partial charge in [-0.15, -0.1) is 0 Å². The maximum Gasteiger partial charge on any atom is 0.242 e. The lowest BCUT2D eigenvalue weighted by Crippen LogP contribution is -2.26. The van der Waals surface area contributed by atoms with Crippen molar-refractivity contribution in [2.24, 2.45) is 0 Å². The van der Waals surface area contributed by atoms with Crippen LogP contribution in [-0.4, -0.2) is 15.0 Å². The monoisotopic (exact) mass is 300 g/mol. The molecule has 19 heavy (non-hydrogen) atoms. The number of nitrogens with one attached hydrogen (secondary N) is 1. The first kappa shape index (κ1) is 14.0. The molecule has 0 fully saturated rings. The second-order valence-electron chi connectivity index (χ2n) is 3.96. The van der Waals surface area contributed by atoms with Crippen LogP contribution in [0.15, 0.2) is 39.9 Å². The van der Waals surface area contributed by atoms with Gasteiger partial charge in [0.25, 0.3) is 0 Å². The van der Waals surface area contributed by atoms with Crippen LogP contribution < -0.4 is 10.5 Å². The van der Waals surface area contributed by atoms with Gasteiger partial charge in [-0.25, -0.2) is 17.5 Å². The Kier molecular flexibility index (Phi) is 4.18. The Morgan fingerprint density at radius 1 is 1.32 bits per heavy atom. The zero-order chi connectivity index (χ0) is 13.9. The molecule has 3 N–H and O–H groups in total. The van der Waals surface area contributed by atoms with E-state index >= 15 is 0 Å². The summed E-state index contributed by atoms with van der Waals surface area (Å²) in [6.07, 6.45) is 0.601. The molecule has 1 heterocycles. The summed E-state index contributed by atoms with van der Waals surface area (Å²) in [5.74, 6) is -0.560. The van der Waals surface area contributed by atoms with Crippen LogP contribution in [0.25, 0.3) is 0 Å². The number of hydrogen-bond acceptors (Lipinski definition) is 4. The molecule has 0 spiro atoms. The van der Waals surface area contributed by atoms with Crippen molar-refractivity contribution in [2.75, 3.05) is 12.3 Å². The van der Waals surface area contributed by atoms with Crippen LogP contribution in [0.5, 0.6) is 0 Å². The van der Waals surface area contributed by atoms with Gasteiger partial charge in [0, 0.05) is 6.54 Å². The highest BCUT2D eigenvalue weighted by Gasteiger charge is 2.17. The van der Waals surface area contributed by atoms with Gasteiger partial charge in [-0.1, -0.05) is 0 Å². The third kappa shape index (κ3) is 3.52. The molecule has 7 heteroatoms. The Morgan fingerprint density at radius 2 is 2.11 bits per heavy atom. The van der Waals surface area contributed by atoms with Crippen molar-refractivity contribution in [1.29, 1.82) is 0 Å². The topological polar surface area (TPSA) is 72.2 Å². The lowest BCUT2D eigenvalue weighted by atomic mass is 10.2. The highest BCUT2D eigenvalue weighted by Crippen LogP contribution is 2.18. The van der Waals surface area contributed by atoms with Crippen molar-refractivity contribution in [3.05, 3.63) is 46.4 Å². The first-order valence-electron chi connectivity index (χ1n) is 5.55. The molecule has 0 saturated carbocycles. The lowest BCUT2D eigenvalue weighted by Gasteiger charge is -2.08. The van der Waals surface area contributed by atoms with Gasteiger partial charge in [0.15, 0.2) is 0 Å². The van der Waals surface area contributed by atoms with Gasteiger partial charge in [-0.2, -0.15) is 11.3 Å². The molecule has 4 nitrogen and oxygen atoms in total. The molecule has 0 atom stereocenters. The van der Waals surface area contributed by atoms with Crippen LogP contribution in [-0.2, 0) is 16.4 Å². The van der Waals surface area contributed by atoms with Crippen molar-refractivity contribution in [3.63, 3.8) is 0 Å². The standard InChI is InChI=1S/C12H13FN2O2S2/c13-10-1-2-12(11(14)7-10)19(16,17)15-5-3-9-4-6-18-8-9/h1-2,4,6-8,15H,3,5,14H2. The van der Waals surface area contributed by atoms with Gasteiger partial charge in [0.1, 0.15) is 10.7 Å². The van der Waals surface area contributed by atoms with Gasteiger partial charge < -0.3 is 5.73 Å². The third-order valence-corrected chi connectivity index (χ3v) is 4.81. The number of sulfonamides is 1. The Morgan fingerprint density at radius 3 is 2.74 bits per heavy atom. The quantitative estimate of drug-likeness (QED) is 0.830. The molecule has 1 aromatic carbocycles. The predicted octanol–water partition coefficient (Wildman–Crippen LogP) is 1.99. The zero-order valence-corrected chi connectivity index (χ0v) is 11.6. The third-order valence-electron chi connectivity index (χ3n) is 2.55. The van der Waals surface area contributed by atoms with Crippen LogP contribution in [0.2, 0.25) is 0 Å². The summed E-state index contributed by atoms with van der Waals surface area (Å²) < 4.78 is 39.3. The maximum absolute atomic E-state index is 12.9. The second kappa shape index (κ2) is 5.68. The number of rotatable bonds is 5. The molecule has 2 aromatic rings. The molecule has 1 aromatic heterocycles. The van der Waals surface area contributed by atoms with E-state index in [0.717, 1.165) is 23.8 Å². The Balaban J connectivity index is 2.05. The molecule has 0 radical (unpaired) electrons. The fourth-order valence-corrected chi connectivity index (χ4v) is 3.45. The zero-order valence-electron chi connectivity index (χ0n) is 9.97. The van der Waals surface area contributed by atoms with Crippen LogP contribution in [0.3, 0.4) is 0 Å². The number of nitrogen functional groups attached to an aromatic ring is 1. The summed E-state index contributed by atoms with van der Waals surface area (Å²) >= 11 is 1.56. The van der Waals surface area contributed by atoms with Crippen LogP contribution in [0, 0.1) is 5.82 Å². The normalized spacial score (nSPS) is 11.6. The van der Waals surface area contributed by atoms with Gasteiger partial charge in [-0.05, 0) is 47.0 Å². The Bertz CT molecular complexity index is 654. The SMILES string of the molecule is Nc1cc(F)ccc1S(=O)(=O)NCCc1ccsc1. The highest BCUT2D eigenvalue weighted by molar-refractivity contribution is 7.89. The minimum absolute atomic E-state index is 0.0944. The summed E-state index contributed by atoms with van der Waals surface area (Å²) in [5, 5.41) is 3.89. The molecular weight excluding hydrogens is 287 g/mol. The molecule has 0 unspecified atom stereocenters. The number of anilines is 1. The summed E-state index contributed by atoms with van der Waals surface area (Å²) in [7, 11) is -3.70. The van der Waals surface area contributed by atoms with E-state index in [2.05, 4.69) is 4.72 Å². The molecule has 102 valence electrons. The number of nitrogens with two attached hydrogens (primary N) is 1. The first-order valence-corrected chi connectivity index (χ1v) is 7.97. The average molecular weight is 300 g/mol. The van der Waals surface area contributed by atoms with Crippen molar-refractivity contribution < 1.29 is 12.8 Å². The van der Waals surface area contributed by atoms with E-state index in [1.807, 2.05) is 16.8 Å². The van der Waals surface area contributed by atoms with Gasteiger partial charge in [-0.3, -0.25) is 0 Å².